The molecule has 2 aliphatic rings. The number of ether oxygens (including phenoxy) is 1. The van der Waals surface area contributed by atoms with Crippen LogP contribution in [0.5, 0.6) is 0 Å². The highest BCUT2D eigenvalue weighted by atomic mass is 16.6. The Morgan fingerprint density at radius 1 is 1.27 bits per heavy atom. The highest BCUT2D eigenvalue weighted by Gasteiger charge is 2.26. The molecule has 1 aliphatic carbocycles. The van der Waals surface area contributed by atoms with E-state index in [-0.39, 0.29) is 6.09 Å². The standard InChI is InChI=1S/C25H31N5O3/c1-25(2,3)33-24(32)29-13-11-17(12-14-29)7-6-8-18-15-30-16-20(27-23(30)28-22(18)26)19-9-4-5-10-21(19)31/h4,9,15-17,31H,5,7,10-14H2,1-3H3,(H2,26,27,28). The topological polar surface area (TPSA) is 106 Å². The van der Waals surface area contributed by atoms with Crippen molar-refractivity contribution in [3.05, 3.63) is 41.6 Å². The SMILES string of the molecule is CC(C)(C)OC(=O)N1CCC(CC#Cc2cn3cc(C4=C(O)CCC=C4)nc3nc2N)CC1. The number of likely N-dealkylation sites (tertiary alicyclic amines) is 1. The van der Waals surface area contributed by atoms with Gasteiger partial charge in [-0.3, -0.25) is 4.40 Å². The van der Waals surface area contributed by atoms with Crippen LogP contribution in [0.3, 0.4) is 0 Å². The monoisotopic (exact) mass is 449 g/mol. The van der Waals surface area contributed by atoms with E-state index in [1.54, 1.807) is 9.30 Å². The molecule has 0 aromatic carbocycles. The Balaban J connectivity index is 1.39. The molecule has 2 aromatic rings. The second-order valence-electron chi connectivity index (χ2n) is 9.59. The van der Waals surface area contributed by atoms with Crippen LogP contribution in [0.2, 0.25) is 0 Å². The number of fused-ring (bicyclic) bond motifs is 1. The molecule has 33 heavy (non-hydrogen) atoms. The molecule has 1 fully saturated rings. The number of piperidine rings is 1. The van der Waals surface area contributed by atoms with Crippen molar-refractivity contribution < 1.29 is 14.6 Å². The molecule has 0 radical (unpaired) electrons. The van der Waals surface area contributed by atoms with Gasteiger partial charge < -0.3 is 20.5 Å². The second-order valence-corrected chi connectivity index (χ2v) is 9.59. The number of hydrogen-bond donors (Lipinski definition) is 2. The number of amides is 1. The van der Waals surface area contributed by atoms with Crippen LogP contribution in [-0.2, 0) is 4.74 Å². The molecule has 4 rings (SSSR count). The van der Waals surface area contributed by atoms with Gasteiger partial charge >= 0.3 is 6.09 Å². The van der Waals surface area contributed by atoms with Crippen molar-refractivity contribution in [2.24, 2.45) is 5.92 Å². The summed E-state index contributed by atoms with van der Waals surface area (Å²) in [7, 11) is 0. The van der Waals surface area contributed by atoms with Gasteiger partial charge in [-0.25, -0.2) is 9.78 Å². The van der Waals surface area contributed by atoms with E-state index >= 15 is 0 Å². The fourth-order valence-electron chi connectivity index (χ4n) is 3.98. The van der Waals surface area contributed by atoms with E-state index < -0.39 is 5.60 Å². The third-order valence-electron chi connectivity index (χ3n) is 5.78. The highest BCUT2D eigenvalue weighted by Crippen LogP contribution is 2.26. The first-order chi connectivity index (χ1) is 15.7. The molecule has 8 heteroatoms. The summed E-state index contributed by atoms with van der Waals surface area (Å²) < 4.78 is 7.25. The molecule has 2 aromatic heterocycles. The van der Waals surface area contributed by atoms with Gasteiger partial charge in [-0.1, -0.05) is 24.0 Å². The maximum atomic E-state index is 12.2. The Morgan fingerprint density at radius 3 is 2.73 bits per heavy atom. The quantitative estimate of drug-likeness (QED) is 0.662. The maximum Gasteiger partial charge on any atom is 0.410 e. The van der Waals surface area contributed by atoms with Crippen molar-refractivity contribution in [2.45, 2.75) is 58.5 Å². The van der Waals surface area contributed by atoms with Gasteiger partial charge in [0.2, 0.25) is 5.78 Å². The Morgan fingerprint density at radius 2 is 2.03 bits per heavy atom. The highest BCUT2D eigenvalue weighted by molar-refractivity contribution is 5.75. The summed E-state index contributed by atoms with van der Waals surface area (Å²) in [4.78, 5) is 22.9. The van der Waals surface area contributed by atoms with Crippen LogP contribution in [-0.4, -0.2) is 49.2 Å². The minimum Gasteiger partial charge on any atom is -0.512 e. The number of aliphatic hydroxyl groups is 1. The Bertz CT molecular complexity index is 1170. The summed E-state index contributed by atoms with van der Waals surface area (Å²) in [6.45, 7) is 7.01. The molecule has 0 spiro atoms. The number of carbonyl (C=O) groups excluding carboxylic acids is 1. The third kappa shape index (κ3) is 5.48. The lowest BCUT2D eigenvalue weighted by Crippen LogP contribution is -2.41. The molecule has 0 unspecified atom stereocenters. The maximum absolute atomic E-state index is 12.2. The normalized spacial score (nSPS) is 17.2. The van der Waals surface area contributed by atoms with Crippen LogP contribution in [0.15, 0.2) is 30.3 Å². The lowest BCUT2D eigenvalue weighted by Gasteiger charge is -2.32. The smallest absolute Gasteiger partial charge is 0.410 e. The summed E-state index contributed by atoms with van der Waals surface area (Å²) in [5.74, 6) is 7.97. The number of nitrogen functional groups attached to an aromatic ring is 1. The molecule has 3 N–H and O–H groups in total. The summed E-state index contributed by atoms with van der Waals surface area (Å²) in [6.07, 6.45) is 11.3. The molecule has 1 aliphatic heterocycles. The number of imidazole rings is 1. The number of aliphatic hydroxyl groups excluding tert-OH is 1. The number of anilines is 1. The predicted molar refractivity (Wildman–Crippen MR) is 127 cm³/mol. The molecule has 0 atom stereocenters. The summed E-state index contributed by atoms with van der Waals surface area (Å²) in [5, 5.41) is 10.2. The van der Waals surface area contributed by atoms with Crippen LogP contribution in [0.4, 0.5) is 10.6 Å². The van der Waals surface area contributed by atoms with E-state index in [0.717, 1.165) is 31.3 Å². The van der Waals surface area contributed by atoms with E-state index in [2.05, 4.69) is 21.8 Å². The molecule has 1 saturated heterocycles. The first-order valence-electron chi connectivity index (χ1n) is 11.4. The molecule has 3 heterocycles. The first kappa shape index (κ1) is 22.7. The van der Waals surface area contributed by atoms with Gasteiger partial charge in [0.05, 0.1) is 11.3 Å². The number of rotatable bonds is 2. The second kappa shape index (κ2) is 9.18. The van der Waals surface area contributed by atoms with Crippen LogP contribution in [0.1, 0.15) is 64.1 Å². The number of allylic oxidation sites excluding steroid dienone is 4. The number of nitrogens with two attached hydrogens (primary N) is 1. The van der Waals surface area contributed by atoms with E-state index in [4.69, 9.17) is 10.5 Å². The molecule has 174 valence electrons. The average molecular weight is 450 g/mol. The molecular formula is C25H31N5O3. The van der Waals surface area contributed by atoms with Gasteiger partial charge in [0.1, 0.15) is 17.2 Å². The van der Waals surface area contributed by atoms with E-state index in [1.165, 1.54) is 0 Å². The number of carbonyl (C=O) groups is 1. The van der Waals surface area contributed by atoms with Crippen LogP contribution in [0, 0.1) is 17.8 Å². The van der Waals surface area contributed by atoms with Crippen molar-refractivity contribution in [2.75, 3.05) is 18.8 Å². The van der Waals surface area contributed by atoms with Crippen molar-refractivity contribution in [1.29, 1.82) is 0 Å². The predicted octanol–water partition coefficient (Wildman–Crippen LogP) is 4.32. The third-order valence-corrected chi connectivity index (χ3v) is 5.78. The van der Waals surface area contributed by atoms with Crippen molar-refractivity contribution >= 4 is 23.3 Å². The number of nitrogens with zero attached hydrogens (tertiary/aromatic N) is 4. The zero-order chi connectivity index (χ0) is 23.6. The minimum atomic E-state index is -0.477. The Kier molecular flexibility index (Phi) is 6.32. The van der Waals surface area contributed by atoms with Gasteiger partial charge in [-0.05, 0) is 46.0 Å². The summed E-state index contributed by atoms with van der Waals surface area (Å²) >= 11 is 0. The fraction of sp³-hybridized carbons (Fsp3) is 0.480. The summed E-state index contributed by atoms with van der Waals surface area (Å²) in [6, 6.07) is 0. The van der Waals surface area contributed by atoms with Gasteiger partial charge in [-0.2, -0.15) is 4.98 Å². The van der Waals surface area contributed by atoms with Crippen molar-refractivity contribution in [1.82, 2.24) is 19.3 Å². The van der Waals surface area contributed by atoms with Gasteiger partial charge in [-0.15, -0.1) is 0 Å². The fourth-order valence-corrected chi connectivity index (χ4v) is 3.98. The molecular weight excluding hydrogens is 418 g/mol. The lowest BCUT2D eigenvalue weighted by atomic mass is 9.94. The zero-order valence-electron chi connectivity index (χ0n) is 19.5. The number of aromatic nitrogens is 3. The van der Waals surface area contributed by atoms with Crippen molar-refractivity contribution in [3.8, 4) is 11.8 Å². The Labute approximate surface area is 194 Å². The van der Waals surface area contributed by atoms with E-state index in [1.807, 2.05) is 45.3 Å². The van der Waals surface area contributed by atoms with Crippen molar-refractivity contribution in [3.63, 3.8) is 0 Å². The first-order valence-corrected chi connectivity index (χ1v) is 11.4. The molecule has 1 amide bonds. The van der Waals surface area contributed by atoms with E-state index in [0.29, 0.717) is 54.0 Å². The van der Waals surface area contributed by atoms with Gasteiger partial charge in [0, 0.05) is 43.9 Å². The van der Waals surface area contributed by atoms with Crippen LogP contribution in [0.25, 0.3) is 11.4 Å². The largest absolute Gasteiger partial charge is 0.512 e. The van der Waals surface area contributed by atoms with Crippen LogP contribution >= 0.6 is 0 Å². The number of hydrogen-bond acceptors (Lipinski definition) is 6. The van der Waals surface area contributed by atoms with Crippen LogP contribution < -0.4 is 5.73 Å². The minimum absolute atomic E-state index is 0.244. The Hall–Kier alpha value is -3.47. The van der Waals surface area contributed by atoms with Gasteiger partial charge in [0.25, 0.3) is 0 Å². The van der Waals surface area contributed by atoms with Gasteiger partial charge in [0.15, 0.2) is 0 Å². The zero-order valence-corrected chi connectivity index (χ0v) is 19.5. The average Bonchev–Trinajstić information content (AvgIpc) is 3.16. The summed E-state index contributed by atoms with van der Waals surface area (Å²) in [5.41, 5.74) is 7.68. The molecule has 0 saturated carbocycles. The van der Waals surface area contributed by atoms with E-state index in [9.17, 15) is 9.90 Å². The molecule has 8 nitrogen and oxygen atoms in total. The lowest BCUT2D eigenvalue weighted by molar-refractivity contribution is 0.0185. The molecule has 0 bridgehead atoms.